The minimum Gasteiger partial charge on any atom is -0.481 e. The minimum atomic E-state index is -0.951. The van der Waals surface area contributed by atoms with E-state index >= 15 is 0 Å². The van der Waals surface area contributed by atoms with Gasteiger partial charge in [-0.15, -0.1) is 0 Å². The maximum absolute atomic E-state index is 10.8. The van der Waals surface area contributed by atoms with Crippen LogP contribution in [0.4, 0.5) is 0 Å². The van der Waals surface area contributed by atoms with Gasteiger partial charge in [-0.1, -0.05) is 0 Å². The Kier molecular flexibility index (Phi) is 2.65. The third kappa shape index (κ3) is 2.50. The van der Waals surface area contributed by atoms with E-state index in [-0.39, 0.29) is 12.0 Å². The first-order valence-electron chi connectivity index (χ1n) is 3.18. The van der Waals surface area contributed by atoms with Crippen molar-refractivity contribution in [2.24, 2.45) is 0 Å². The molecule has 0 fully saturated rings. The maximum Gasteiger partial charge on any atom is 0.307 e. The SMILES string of the molecule is O=C(O)Cc1cc(Br)[nH]c(=O)c1. The van der Waals surface area contributed by atoms with Gasteiger partial charge in [-0.3, -0.25) is 9.59 Å². The van der Waals surface area contributed by atoms with E-state index in [2.05, 4.69) is 20.9 Å². The third-order valence-corrected chi connectivity index (χ3v) is 1.65. The van der Waals surface area contributed by atoms with Gasteiger partial charge in [0.25, 0.3) is 0 Å². The minimum absolute atomic E-state index is 0.136. The molecule has 1 aromatic rings. The third-order valence-electron chi connectivity index (χ3n) is 1.23. The van der Waals surface area contributed by atoms with Crippen LogP contribution in [0.2, 0.25) is 0 Å². The highest BCUT2D eigenvalue weighted by molar-refractivity contribution is 9.10. The fraction of sp³-hybridized carbons (Fsp3) is 0.143. The number of carboxylic acids is 1. The molecule has 64 valence electrons. The lowest BCUT2D eigenvalue weighted by atomic mass is 10.2. The van der Waals surface area contributed by atoms with Gasteiger partial charge in [0.1, 0.15) is 0 Å². The normalized spacial score (nSPS) is 9.75. The standard InChI is InChI=1S/C7H6BrNO3/c8-5-1-4(3-7(11)12)2-6(10)9-5/h1-2H,3H2,(H,9,10)(H,11,12). The average Bonchev–Trinajstić information content (AvgIpc) is 1.81. The number of H-pyrrole nitrogens is 1. The van der Waals surface area contributed by atoms with Crippen LogP contribution in [-0.4, -0.2) is 16.1 Å². The summed E-state index contributed by atoms with van der Waals surface area (Å²) in [5.41, 5.74) is 0.179. The van der Waals surface area contributed by atoms with Crippen LogP contribution in [0.15, 0.2) is 21.5 Å². The molecule has 0 aliphatic heterocycles. The van der Waals surface area contributed by atoms with Crippen molar-refractivity contribution in [3.8, 4) is 0 Å². The summed E-state index contributed by atoms with van der Waals surface area (Å²) in [5.74, 6) is -0.951. The van der Waals surface area contributed by atoms with Crippen molar-refractivity contribution in [1.82, 2.24) is 4.98 Å². The molecule has 1 heterocycles. The molecular weight excluding hydrogens is 226 g/mol. The summed E-state index contributed by atoms with van der Waals surface area (Å²) in [4.78, 5) is 23.5. The zero-order valence-electron chi connectivity index (χ0n) is 6.00. The lowest BCUT2D eigenvalue weighted by molar-refractivity contribution is -0.136. The second-order valence-electron chi connectivity index (χ2n) is 2.27. The Morgan fingerprint density at radius 3 is 2.75 bits per heavy atom. The molecule has 0 amide bonds. The Hall–Kier alpha value is -1.10. The summed E-state index contributed by atoms with van der Waals surface area (Å²) in [7, 11) is 0. The molecule has 12 heavy (non-hydrogen) atoms. The van der Waals surface area contributed by atoms with E-state index in [0.717, 1.165) is 0 Å². The predicted octanol–water partition coefficient (Wildman–Crippen LogP) is 0.764. The van der Waals surface area contributed by atoms with E-state index in [1.165, 1.54) is 6.07 Å². The second-order valence-corrected chi connectivity index (χ2v) is 3.13. The number of nitrogens with one attached hydrogen (secondary N) is 1. The van der Waals surface area contributed by atoms with Gasteiger partial charge >= 0.3 is 5.97 Å². The van der Waals surface area contributed by atoms with Crippen LogP contribution in [0.25, 0.3) is 0 Å². The van der Waals surface area contributed by atoms with Gasteiger partial charge in [-0.25, -0.2) is 0 Å². The van der Waals surface area contributed by atoms with Crippen LogP contribution in [0.5, 0.6) is 0 Å². The number of rotatable bonds is 2. The zero-order valence-corrected chi connectivity index (χ0v) is 7.59. The van der Waals surface area contributed by atoms with Crippen molar-refractivity contribution in [1.29, 1.82) is 0 Å². The summed E-state index contributed by atoms with van der Waals surface area (Å²) < 4.78 is 0.492. The maximum atomic E-state index is 10.8. The highest BCUT2D eigenvalue weighted by atomic mass is 79.9. The number of hydrogen-bond donors (Lipinski definition) is 2. The van der Waals surface area contributed by atoms with Crippen LogP contribution in [0, 0.1) is 0 Å². The molecule has 5 heteroatoms. The van der Waals surface area contributed by atoms with E-state index in [0.29, 0.717) is 10.2 Å². The summed E-state index contributed by atoms with van der Waals surface area (Å²) >= 11 is 3.05. The van der Waals surface area contributed by atoms with Crippen LogP contribution in [0.3, 0.4) is 0 Å². The van der Waals surface area contributed by atoms with Crippen molar-refractivity contribution in [2.45, 2.75) is 6.42 Å². The fourth-order valence-corrected chi connectivity index (χ4v) is 1.33. The number of carboxylic acid groups (broad SMARTS) is 1. The van der Waals surface area contributed by atoms with Crippen LogP contribution < -0.4 is 5.56 Å². The van der Waals surface area contributed by atoms with Gasteiger partial charge < -0.3 is 10.1 Å². The molecule has 0 aliphatic carbocycles. The molecule has 0 unspecified atom stereocenters. The Morgan fingerprint density at radius 2 is 2.25 bits per heavy atom. The highest BCUT2D eigenvalue weighted by Crippen LogP contribution is 2.05. The first-order valence-corrected chi connectivity index (χ1v) is 3.98. The number of pyridine rings is 1. The van der Waals surface area contributed by atoms with Gasteiger partial charge in [0.15, 0.2) is 0 Å². The smallest absolute Gasteiger partial charge is 0.307 e. The van der Waals surface area contributed by atoms with Gasteiger partial charge in [0.05, 0.1) is 11.0 Å². The number of hydrogen-bond acceptors (Lipinski definition) is 2. The van der Waals surface area contributed by atoms with Crippen molar-refractivity contribution >= 4 is 21.9 Å². The lowest BCUT2D eigenvalue weighted by Crippen LogP contribution is -2.08. The molecule has 1 rings (SSSR count). The number of halogens is 1. The lowest BCUT2D eigenvalue weighted by Gasteiger charge is -1.95. The summed E-state index contributed by atoms with van der Waals surface area (Å²) in [6.07, 6.45) is -0.136. The number of carbonyl (C=O) groups is 1. The quantitative estimate of drug-likeness (QED) is 0.739. The molecule has 4 nitrogen and oxygen atoms in total. The van der Waals surface area contributed by atoms with Crippen molar-refractivity contribution < 1.29 is 9.90 Å². The molecule has 2 N–H and O–H groups in total. The monoisotopic (exact) mass is 231 g/mol. The van der Waals surface area contributed by atoms with Gasteiger partial charge in [0, 0.05) is 6.07 Å². The van der Waals surface area contributed by atoms with E-state index in [4.69, 9.17) is 5.11 Å². The van der Waals surface area contributed by atoms with Gasteiger partial charge in [0.2, 0.25) is 5.56 Å². The number of aromatic amines is 1. The summed E-state index contributed by atoms with van der Waals surface area (Å²) in [5, 5.41) is 8.42. The second kappa shape index (κ2) is 3.53. The van der Waals surface area contributed by atoms with Crippen molar-refractivity contribution in [2.75, 3.05) is 0 Å². The van der Waals surface area contributed by atoms with E-state index < -0.39 is 5.97 Å². The predicted molar refractivity (Wildman–Crippen MR) is 46.1 cm³/mol. The summed E-state index contributed by atoms with van der Waals surface area (Å²) in [6, 6.07) is 2.83. The zero-order chi connectivity index (χ0) is 9.14. The Balaban J connectivity index is 3.01. The van der Waals surface area contributed by atoms with Gasteiger partial charge in [-0.05, 0) is 27.6 Å². The molecule has 0 saturated heterocycles. The van der Waals surface area contributed by atoms with Crippen molar-refractivity contribution in [3.63, 3.8) is 0 Å². The summed E-state index contributed by atoms with van der Waals surface area (Å²) in [6.45, 7) is 0. The first kappa shape index (κ1) is 8.99. The van der Waals surface area contributed by atoms with E-state index in [9.17, 15) is 9.59 Å². The number of aromatic nitrogens is 1. The topological polar surface area (TPSA) is 70.2 Å². The van der Waals surface area contributed by atoms with Crippen LogP contribution >= 0.6 is 15.9 Å². The van der Waals surface area contributed by atoms with Gasteiger partial charge in [-0.2, -0.15) is 0 Å². The Bertz CT molecular complexity index is 358. The molecule has 0 saturated carbocycles. The van der Waals surface area contributed by atoms with E-state index in [1.54, 1.807) is 6.07 Å². The Labute approximate surface area is 76.4 Å². The molecule has 0 radical (unpaired) electrons. The molecule has 1 aromatic heterocycles. The van der Waals surface area contributed by atoms with E-state index in [1.807, 2.05) is 0 Å². The average molecular weight is 232 g/mol. The molecule has 0 aromatic carbocycles. The number of aliphatic carboxylic acids is 1. The fourth-order valence-electron chi connectivity index (χ4n) is 0.839. The molecule has 0 atom stereocenters. The molecular formula is C7H6BrNO3. The largest absolute Gasteiger partial charge is 0.481 e. The van der Waals surface area contributed by atoms with Crippen LogP contribution in [0.1, 0.15) is 5.56 Å². The van der Waals surface area contributed by atoms with Crippen LogP contribution in [-0.2, 0) is 11.2 Å². The Morgan fingerprint density at radius 1 is 1.58 bits per heavy atom. The highest BCUT2D eigenvalue weighted by Gasteiger charge is 2.01. The molecule has 0 bridgehead atoms. The first-order chi connectivity index (χ1) is 5.58. The molecule has 0 aliphatic rings. The molecule has 0 spiro atoms. The van der Waals surface area contributed by atoms with Crippen molar-refractivity contribution in [3.05, 3.63) is 32.7 Å².